The van der Waals surface area contributed by atoms with Crippen molar-refractivity contribution < 1.29 is 0 Å². The monoisotopic (exact) mass is 409 g/mol. The Morgan fingerprint density at radius 3 is 2.65 bits per heavy atom. The van der Waals surface area contributed by atoms with E-state index in [-0.39, 0.29) is 24.0 Å². The third kappa shape index (κ3) is 8.09. The Bertz CT molecular complexity index is 390. The molecule has 5 heteroatoms. The molecule has 1 unspecified atom stereocenters. The number of hydrogen-bond acceptors (Lipinski definition) is 2. The Hall–Kier alpha value is -0.300. The van der Waals surface area contributed by atoms with Crippen molar-refractivity contribution in [3.05, 3.63) is 21.9 Å². The molecule has 1 atom stereocenters. The molecule has 0 saturated carbocycles. The standard InChI is InChI=1S/C15H27N3S.HI/c1-5-6-7-10-17-15(16-4)18-12(2)11-14-9-8-13(3)19-14;/h8-9,12H,5-7,10-11H2,1-4H3,(H2,16,17,18);1H. The Balaban J connectivity index is 0.00000361. The van der Waals surface area contributed by atoms with Crippen molar-refractivity contribution in [2.24, 2.45) is 4.99 Å². The van der Waals surface area contributed by atoms with Gasteiger partial charge >= 0.3 is 0 Å². The number of unbranched alkanes of at least 4 members (excludes halogenated alkanes) is 2. The molecule has 0 aliphatic heterocycles. The lowest BCUT2D eigenvalue weighted by Crippen LogP contribution is -2.43. The molecule has 0 radical (unpaired) electrons. The fourth-order valence-electron chi connectivity index (χ4n) is 1.96. The van der Waals surface area contributed by atoms with Crippen LogP contribution in [0.3, 0.4) is 0 Å². The molecule has 0 bridgehead atoms. The zero-order valence-corrected chi connectivity index (χ0v) is 16.2. The lowest BCUT2D eigenvalue weighted by molar-refractivity contribution is 0.631. The number of guanidine groups is 1. The first-order chi connectivity index (χ1) is 9.15. The van der Waals surface area contributed by atoms with Crippen LogP contribution < -0.4 is 10.6 Å². The second kappa shape index (κ2) is 11.4. The highest BCUT2D eigenvalue weighted by Crippen LogP contribution is 2.16. The number of rotatable bonds is 7. The van der Waals surface area contributed by atoms with Gasteiger partial charge in [-0.1, -0.05) is 19.8 Å². The number of thiophene rings is 1. The molecule has 0 saturated heterocycles. The second-order valence-electron chi connectivity index (χ2n) is 4.97. The highest BCUT2D eigenvalue weighted by atomic mass is 127. The molecule has 0 amide bonds. The van der Waals surface area contributed by atoms with Crippen molar-refractivity contribution in [2.75, 3.05) is 13.6 Å². The molecule has 20 heavy (non-hydrogen) atoms. The molecular formula is C15H28IN3S. The number of halogens is 1. The molecule has 0 aliphatic carbocycles. The van der Waals surface area contributed by atoms with Crippen LogP contribution in [0.25, 0.3) is 0 Å². The van der Waals surface area contributed by atoms with E-state index in [9.17, 15) is 0 Å². The molecule has 0 aliphatic rings. The zero-order valence-electron chi connectivity index (χ0n) is 13.0. The molecule has 3 nitrogen and oxygen atoms in total. The van der Waals surface area contributed by atoms with Crippen LogP contribution in [0.5, 0.6) is 0 Å². The third-order valence-electron chi connectivity index (χ3n) is 2.98. The van der Waals surface area contributed by atoms with Gasteiger partial charge in [-0.05, 0) is 32.4 Å². The van der Waals surface area contributed by atoms with Crippen LogP contribution in [0.15, 0.2) is 17.1 Å². The quantitative estimate of drug-likeness (QED) is 0.310. The molecule has 2 N–H and O–H groups in total. The Kier molecular flexibility index (Phi) is 11.2. The Morgan fingerprint density at radius 1 is 1.35 bits per heavy atom. The van der Waals surface area contributed by atoms with Crippen LogP contribution in [0.4, 0.5) is 0 Å². The number of nitrogens with zero attached hydrogens (tertiary/aromatic N) is 1. The van der Waals surface area contributed by atoms with Crippen molar-refractivity contribution in [3.63, 3.8) is 0 Å². The molecule has 0 fully saturated rings. The minimum absolute atomic E-state index is 0. The lowest BCUT2D eigenvalue weighted by Gasteiger charge is -2.17. The average Bonchev–Trinajstić information content (AvgIpc) is 2.78. The Labute approximate surface area is 144 Å². The van der Waals surface area contributed by atoms with E-state index in [0.29, 0.717) is 6.04 Å². The van der Waals surface area contributed by atoms with Gasteiger partial charge in [0.1, 0.15) is 0 Å². The van der Waals surface area contributed by atoms with Gasteiger partial charge in [-0.2, -0.15) is 0 Å². The van der Waals surface area contributed by atoms with E-state index in [2.05, 4.69) is 48.5 Å². The maximum Gasteiger partial charge on any atom is 0.191 e. The van der Waals surface area contributed by atoms with Crippen LogP contribution >= 0.6 is 35.3 Å². The summed E-state index contributed by atoms with van der Waals surface area (Å²) in [5.74, 6) is 0.914. The first-order valence-corrected chi connectivity index (χ1v) is 7.99. The summed E-state index contributed by atoms with van der Waals surface area (Å²) in [6.07, 6.45) is 4.78. The number of hydrogen-bond donors (Lipinski definition) is 2. The topological polar surface area (TPSA) is 36.4 Å². The summed E-state index contributed by atoms with van der Waals surface area (Å²) in [4.78, 5) is 7.08. The van der Waals surface area contributed by atoms with Gasteiger partial charge in [-0.25, -0.2) is 0 Å². The van der Waals surface area contributed by atoms with E-state index < -0.39 is 0 Å². The fourth-order valence-corrected chi connectivity index (χ4v) is 2.98. The van der Waals surface area contributed by atoms with Gasteiger partial charge < -0.3 is 10.6 Å². The van der Waals surface area contributed by atoms with E-state index in [4.69, 9.17) is 0 Å². The number of aryl methyl sites for hydroxylation is 1. The fraction of sp³-hybridized carbons (Fsp3) is 0.667. The smallest absolute Gasteiger partial charge is 0.191 e. The predicted octanol–water partition coefficient (Wildman–Crippen LogP) is 3.96. The third-order valence-corrected chi connectivity index (χ3v) is 4.01. The van der Waals surface area contributed by atoms with Gasteiger partial charge in [-0.15, -0.1) is 35.3 Å². The molecule has 1 aromatic rings. The summed E-state index contributed by atoms with van der Waals surface area (Å²) >= 11 is 1.87. The molecular weight excluding hydrogens is 381 g/mol. The summed E-state index contributed by atoms with van der Waals surface area (Å²) < 4.78 is 0. The van der Waals surface area contributed by atoms with Crippen molar-refractivity contribution in [3.8, 4) is 0 Å². The molecule has 1 aromatic heterocycles. The van der Waals surface area contributed by atoms with E-state index in [1.807, 2.05) is 18.4 Å². The highest BCUT2D eigenvalue weighted by molar-refractivity contribution is 14.0. The zero-order chi connectivity index (χ0) is 14.1. The lowest BCUT2D eigenvalue weighted by atomic mass is 10.2. The number of nitrogens with one attached hydrogen (secondary N) is 2. The van der Waals surface area contributed by atoms with Gasteiger partial charge in [0.15, 0.2) is 5.96 Å². The van der Waals surface area contributed by atoms with Crippen molar-refractivity contribution in [1.82, 2.24) is 10.6 Å². The highest BCUT2D eigenvalue weighted by Gasteiger charge is 2.07. The SMILES string of the molecule is CCCCCNC(=NC)NC(C)Cc1ccc(C)s1.I. The summed E-state index contributed by atoms with van der Waals surface area (Å²) in [7, 11) is 1.83. The molecule has 1 heterocycles. The van der Waals surface area contributed by atoms with Crippen molar-refractivity contribution in [1.29, 1.82) is 0 Å². The van der Waals surface area contributed by atoms with Crippen LogP contribution in [0.2, 0.25) is 0 Å². The van der Waals surface area contributed by atoms with Gasteiger partial charge in [0.05, 0.1) is 0 Å². The van der Waals surface area contributed by atoms with Gasteiger partial charge in [0.25, 0.3) is 0 Å². The van der Waals surface area contributed by atoms with E-state index >= 15 is 0 Å². The second-order valence-corrected chi connectivity index (χ2v) is 6.34. The Morgan fingerprint density at radius 2 is 2.10 bits per heavy atom. The van der Waals surface area contributed by atoms with Gasteiger partial charge in [0, 0.05) is 35.8 Å². The molecule has 116 valence electrons. The normalized spacial score (nSPS) is 12.7. The first kappa shape index (κ1) is 19.7. The van der Waals surface area contributed by atoms with Gasteiger partial charge in [0.2, 0.25) is 0 Å². The number of aliphatic imine (C=N–C) groups is 1. The van der Waals surface area contributed by atoms with Crippen LogP contribution in [0.1, 0.15) is 42.9 Å². The van der Waals surface area contributed by atoms with E-state index in [1.54, 1.807) is 0 Å². The maximum absolute atomic E-state index is 4.27. The van der Waals surface area contributed by atoms with E-state index in [1.165, 1.54) is 29.0 Å². The van der Waals surface area contributed by atoms with Crippen LogP contribution in [-0.2, 0) is 6.42 Å². The minimum Gasteiger partial charge on any atom is -0.356 e. The molecule has 0 spiro atoms. The van der Waals surface area contributed by atoms with Crippen LogP contribution in [-0.4, -0.2) is 25.6 Å². The van der Waals surface area contributed by atoms with Crippen molar-refractivity contribution in [2.45, 2.75) is 52.5 Å². The summed E-state index contributed by atoms with van der Waals surface area (Å²) in [5, 5.41) is 6.82. The summed E-state index contributed by atoms with van der Waals surface area (Å²) in [6.45, 7) is 7.57. The first-order valence-electron chi connectivity index (χ1n) is 7.18. The van der Waals surface area contributed by atoms with Crippen molar-refractivity contribution >= 4 is 41.3 Å². The van der Waals surface area contributed by atoms with E-state index in [0.717, 1.165) is 18.9 Å². The average molecular weight is 409 g/mol. The predicted molar refractivity (Wildman–Crippen MR) is 102 cm³/mol. The minimum atomic E-state index is 0. The van der Waals surface area contributed by atoms with Crippen LogP contribution in [0, 0.1) is 6.92 Å². The summed E-state index contributed by atoms with van der Waals surface area (Å²) in [5.41, 5.74) is 0. The molecule has 1 rings (SSSR count). The van der Waals surface area contributed by atoms with Gasteiger partial charge in [-0.3, -0.25) is 4.99 Å². The summed E-state index contributed by atoms with van der Waals surface area (Å²) in [6, 6.07) is 4.80. The maximum atomic E-state index is 4.27. The molecule has 0 aromatic carbocycles. The largest absolute Gasteiger partial charge is 0.356 e.